The molecule has 1 heterocycles. The predicted octanol–water partition coefficient (Wildman–Crippen LogP) is 0.204. The van der Waals surface area contributed by atoms with Gasteiger partial charge in [-0.05, 0) is 12.1 Å². The molecule has 0 amide bonds. The molecule has 0 unspecified atom stereocenters. The number of oxime groups is 1. The summed E-state index contributed by atoms with van der Waals surface area (Å²) in [5.74, 6) is 5.04. The fraction of sp³-hybridized carbons (Fsp3) is 0. The Morgan fingerprint density at radius 3 is 2.92 bits per heavy atom. The van der Waals surface area contributed by atoms with E-state index in [0.717, 1.165) is 6.21 Å². The molecule has 5 heteroatoms. The van der Waals surface area contributed by atoms with Crippen molar-refractivity contribution in [1.29, 1.82) is 0 Å². The van der Waals surface area contributed by atoms with Gasteiger partial charge < -0.3 is 11.0 Å². The Labute approximate surface area is 69.2 Å². The number of hydrogen-bond donors (Lipinski definition) is 2. The highest BCUT2D eigenvalue weighted by atomic mass is 16.4. The monoisotopic (exact) mass is 164 g/mol. The molecule has 1 aromatic heterocycles. The molecule has 1 aromatic rings. The third kappa shape index (κ3) is 1.79. The number of rotatable bonds is 2. The van der Waals surface area contributed by atoms with Crippen LogP contribution in [0.15, 0.2) is 34.7 Å². The van der Waals surface area contributed by atoms with Crippen molar-refractivity contribution in [3.8, 4) is 0 Å². The van der Waals surface area contributed by atoms with Crippen LogP contribution >= 0.6 is 0 Å². The summed E-state index contributed by atoms with van der Waals surface area (Å²) < 4.78 is 0. The average molecular weight is 164 g/mol. The van der Waals surface area contributed by atoms with Gasteiger partial charge in [-0.2, -0.15) is 5.10 Å². The average Bonchev–Trinajstić information content (AvgIpc) is 2.15. The van der Waals surface area contributed by atoms with Gasteiger partial charge in [-0.1, -0.05) is 11.2 Å². The molecule has 0 saturated heterocycles. The highest BCUT2D eigenvalue weighted by Crippen LogP contribution is 1.93. The van der Waals surface area contributed by atoms with E-state index in [4.69, 9.17) is 11.0 Å². The van der Waals surface area contributed by atoms with E-state index < -0.39 is 0 Å². The lowest BCUT2D eigenvalue weighted by Crippen LogP contribution is -2.07. The van der Waals surface area contributed by atoms with E-state index in [2.05, 4.69) is 15.2 Å². The van der Waals surface area contributed by atoms with Crippen LogP contribution in [0.2, 0.25) is 0 Å². The third-order valence-corrected chi connectivity index (χ3v) is 1.25. The molecule has 0 bridgehead atoms. The van der Waals surface area contributed by atoms with Gasteiger partial charge in [0, 0.05) is 6.20 Å². The molecule has 0 aliphatic carbocycles. The van der Waals surface area contributed by atoms with Crippen molar-refractivity contribution in [2.45, 2.75) is 0 Å². The number of pyridine rings is 1. The normalized spacial score (nSPS) is 12.2. The maximum atomic E-state index is 8.23. The lowest BCUT2D eigenvalue weighted by atomic mass is 10.2. The smallest absolute Gasteiger partial charge is 0.130 e. The Bertz CT molecular complexity index is 294. The van der Waals surface area contributed by atoms with E-state index in [1.807, 2.05) is 0 Å². The molecule has 12 heavy (non-hydrogen) atoms. The molecule has 0 radical (unpaired) electrons. The van der Waals surface area contributed by atoms with Gasteiger partial charge in [-0.15, -0.1) is 0 Å². The van der Waals surface area contributed by atoms with Crippen molar-refractivity contribution in [3.05, 3.63) is 30.1 Å². The molecular formula is C7H8N4O. The number of aromatic nitrogens is 1. The minimum Gasteiger partial charge on any atom is -0.411 e. The molecule has 62 valence electrons. The van der Waals surface area contributed by atoms with Gasteiger partial charge in [0.1, 0.15) is 5.71 Å². The second-order valence-corrected chi connectivity index (χ2v) is 1.97. The summed E-state index contributed by atoms with van der Waals surface area (Å²) in [5, 5.41) is 14.4. The van der Waals surface area contributed by atoms with E-state index in [1.54, 1.807) is 24.4 Å². The van der Waals surface area contributed by atoms with Crippen molar-refractivity contribution in [3.63, 3.8) is 0 Å². The first kappa shape index (κ1) is 8.19. The van der Waals surface area contributed by atoms with Crippen LogP contribution in [0, 0.1) is 0 Å². The number of hydrogen-bond acceptors (Lipinski definition) is 5. The van der Waals surface area contributed by atoms with Crippen LogP contribution in [0.5, 0.6) is 0 Å². The molecule has 5 nitrogen and oxygen atoms in total. The zero-order valence-corrected chi connectivity index (χ0v) is 6.25. The van der Waals surface area contributed by atoms with Crippen molar-refractivity contribution in [2.24, 2.45) is 16.1 Å². The van der Waals surface area contributed by atoms with Gasteiger partial charge in [0.25, 0.3) is 0 Å². The maximum Gasteiger partial charge on any atom is 0.130 e. The second-order valence-electron chi connectivity index (χ2n) is 1.97. The summed E-state index contributed by atoms with van der Waals surface area (Å²) in [7, 11) is 0. The molecule has 0 atom stereocenters. The third-order valence-electron chi connectivity index (χ3n) is 1.25. The molecule has 0 aromatic carbocycles. The summed E-state index contributed by atoms with van der Waals surface area (Å²) in [6.45, 7) is 0. The Hall–Kier alpha value is -1.91. The van der Waals surface area contributed by atoms with E-state index in [-0.39, 0.29) is 0 Å². The molecular weight excluding hydrogens is 156 g/mol. The topological polar surface area (TPSA) is 83.9 Å². The highest BCUT2D eigenvalue weighted by Gasteiger charge is 1.99. The summed E-state index contributed by atoms with van der Waals surface area (Å²) in [4.78, 5) is 3.96. The minimum atomic E-state index is 0.332. The zero-order valence-electron chi connectivity index (χ0n) is 6.25. The van der Waals surface area contributed by atoms with Crippen LogP contribution in [0.25, 0.3) is 0 Å². The van der Waals surface area contributed by atoms with Gasteiger partial charge in [0.15, 0.2) is 0 Å². The van der Waals surface area contributed by atoms with E-state index in [0.29, 0.717) is 11.4 Å². The zero-order chi connectivity index (χ0) is 8.81. The van der Waals surface area contributed by atoms with Gasteiger partial charge in [0.2, 0.25) is 0 Å². The van der Waals surface area contributed by atoms with Crippen LogP contribution in [0.4, 0.5) is 0 Å². The molecule has 0 spiro atoms. The molecule has 0 aliphatic rings. The fourth-order valence-corrected chi connectivity index (χ4v) is 0.735. The van der Waals surface area contributed by atoms with Crippen LogP contribution in [-0.2, 0) is 0 Å². The molecule has 1 rings (SSSR count). The Morgan fingerprint density at radius 1 is 1.58 bits per heavy atom. The Kier molecular flexibility index (Phi) is 2.78. The van der Waals surface area contributed by atoms with Crippen molar-refractivity contribution in [2.75, 3.05) is 0 Å². The standard InChI is InChI=1S/C7H8N4O/c8-11-7(5-10-12)6-3-1-2-4-9-6/h1-5,12H,8H2/b10-5+,11-7+. The van der Waals surface area contributed by atoms with Crippen LogP contribution in [0.3, 0.4) is 0 Å². The fourth-order valence-electron chi connectivity index (χ4n) is 0.735. The van der Waals surface area contributed by atoms with Crippen molar-refractivity contribution < 1.29 is 5.21 Å². The maximum absolute atomic E-state index is 8.23. The van der Waals surface area contributed by atoms with Crippen LogP contribution in [0.1, 0.15) is 5.69 Å². The van der Waals surface area contributed by atoms with Gasteiger partial charge in [-0.25, -0.2) is 0 Å². The van der Waals surface area contributed by atoms with E-state index in [9.17, 15) is 0 Å². The first-order chi connectivity index (χ1) is 5.88. The van der Waals surface area contributed by atoms with Gasteiger partial charge in [0.05, 0.1) is 11.9 Å². The van der Waals surface area contributed by atoms with E-state index in [1.165, 1.54) is 0 Å². The number of nitrogens with two attached hydrogens (primary N) is 1. The molecule has 3 N–H and O–H groups in total. The number of hydrazone groups is 1. The number of nitrogens with zero attached hydrogens (tertiary/aromatic N) is 3. The van der Waals surface area contributed by atoms with Crippen LogP contribution in [-0.4, -0.2) is 22.1 Å². The van der Waals surface area contributed by atoms with Gasteiger partial charge in [-0.3, -0.25) is 4.98 Å². The Balaban J connectivity index is 2.97. The molecule has 0 aliphatic heterocycles. The highest BCUT2D eigenvalue weighted by molar-refractivity contribution is 6.37. The van der Waals surface area contributed by atoms with Crippen LogP contribution < -0.4 is 5.84 Å². The van der Waals surface area contributed by atoms with Gasteiger partial charge >= 0.3 is 0 Å². The largest absolute Gasteiger partial charge is 0.411 e. The lowest BCUT2D eigenvalue weighted by Gasteiger charge is -1.95. The first-order valence-electron chi connectivity index (χ1n) is 3.25. The summed E-state index contributed by atoms with van der Waals surface area (Å²) in [6, 6.07) is 5.28. The van der Waals surface area contributed by atoms with Crippen molar-refractivity contribution in [1.82, 2.24) is 4.98 Å². The summed E-state index contributed by atoms with van der Waals surface area (Å²) in [5.41, 5.74) is 0.899. The molecule has 0 fully saturated rings. The quantitative estimate of drug-likeness (QED) is 0.283. The minimum absolute atomic E-state index is 0.332. The predicted molar refractivity (Wildman–Crippen MR) is 45.2 cm³/mol. The van der Waals surface area contributed by atoms with Crippen molar-refractivity contribution >= 4 is 11.9 Å². The summed E-state index contributed by atoms with van der Waals surface area (Å²) >= 11 is 0. The lowest BCUT2D eigenvalue weighted by molar-refractivity contribution is 0.322. The first-order valence-corrected chi connectivity index (χ1v) is 3.25. The SMILES string of the molecule is N/N=C(\C=N\O)c1ccccn1. The molecule has 0 saturated carbocycles. The summed E-state index contributed by atoms with van der Waals surface area (Å²) in [6.07, 6.45) is 2.73. The second kappa shape index (κ2) is 4.07. The Morgan fingerprint density at radius 2 is 2.42 bits per heavy atom. The van der Waals surface area contributed by atoms with E-state index >= 15 is 0 Å².